The van der Waals surface area contributed by atoms with E-state index in [1.165, 1.54) is 33.1 Å². The van der Waals surface area contributed by atoms with Gasteiger partial charge < -0.3 is 15.2 Å². The van der Waals surface area contributed by atoms with Crippen LogP contribution in [0.15, 0.2) is 18.2 Å². The Bertz CT molecular complexity index is 499. The van der Waals surface area contributed by atoms with Crippen molar-refractivity contribution >= 4 is 17.6 Å². The van der Waals surface area contributed by atoms with Crippen molar-refractivity contribution < 1.29 is 23.8 Å². The second kappa shape index (κ2) is 5.69. The highest BCUT2D eigenvalue weighted by molar-refractivity contribution is 5.94. The summed E-state index contributed by atoms with van der Waals surface area (Å²) >= 11 is 0. The Morgan fingerprint density at radius 2 is 2.05 bits per heavy atom. The van der Waals surface area contributed by atoms with E-state index in [1.807, 2.05) is 0 Å². The molecule has 5 nitrogen and oxygen atoms in total. The van der Waals surface area contributed by atoms with Gasteiger partial charge in [0.25, 0.3) is 0 Å². The van der Waals surface area contributed by atoms with Crippen molar-refractivity contribution in [2.75, 3.05) is 12.4 Å². The summed E-state index contributed by atoms with van der Waals surface area (Å²) in [6, 6.07) is 3.98. The summed E-state index contributed by atoms with van der Waals surface area (Å²) in [5.41, 5.74) is -0.917. The number of hydrogen-bond donors (Lipinski definition) is 2. The van der Waals surface area contributed by atoms with Crippen LogP contribution in [0.4, 0.5) is 10.1 Å². The standard InChI is InChI=1S/C13H16FNO4/c1-13(2,12(17)18)7-11(16)15-8-4-5-10(19-3)9(14)6-8/h4-6H,7H2,1-3H3,(H,15,16)(H,17,18). The van der Waals surface area contributed by atoms with Gasteiger partial charge in [-0.3, -0.25) is 9.59 Å². The molecule has 0 atom stereocenters. The highest BCUT2D eigenvalue weighted by Crippen LogP contribution is 2.23. The van der Waals surface area contributed by atoms with Gasteiger partial charge in [-0.2, -0.15) is 0 Å². The third-order valence-corrected chi connectivity index (χ3v) is 2.62. The molecule has 0 aliphatic rings. The molecule has 0 aromatic heterocycles. The number of amides is 1. The SMILES string of the molecule is COc1ccc(NC(=O)CC(C)(C)C(=O)O)cc1F. The summed E-state index contributed by atoms with van der Waals surface area (Å²) in [5, 5.41) is 11.4. The minimum atomic E-state index is -1.17. The van der Waals surface area contributed by atoms with Gasteiger partial charge in [0, 0.05) is 18.2 Å². The van der Waals surface area contributed by atoms with E-state index < -0.39 is 23.1 Å². The molecule has 1 aromatic rings. The average Bonchev–Trinajstić information content (AvgIpc) is 2.28. The lowest BCUT2D eigenvalue weighted by atomic mass is 9.89. The van der Waals surface area contributed by atoms with Crippen molar-refractivity contribution in [3.63, 3.8) is 0 Å². The van der Waals surface area contributed by atoms with Crippen molar-refractivity contribution in [3.8, 4) is 5.75 Å². The third kappa shape index (κ3) is 3.94. The van der Waals surface area contributed by atoms with Crippen LogP contribution >= 0.6 is 0 Å². The number of carboxylic acids is 1. The van der Waals surface area contributed by atoms with Crippen molar-refractivity contribution in [1.82, 2.24) is 0 Å². The first-order chi connectivity index (χ1) is 8.76. The summed E-state index contributed by atoms with van der Waals surface area (Å²) in [7, 11) is 1.34. The van der Waals surface area contributed by atoms with Crippen molar-refractivity contribution in [3.05, 3.63) is 24.0 Å². The number of halogens is 1. The van der Waals surface area contributed by atoms with Crippen LogP contribution in [0, 0.1) is 11.2 Å². The van der Waals surface area contributed by atoms with Gasteiger partial charge in [0.1, 0.15) is 0 Å². The van der Waals surface area contributed by atoms with Gasteiger partial charge in [-0.1, -0.05) is 0 Å². The molecule has 6 heteroatoms. The number of anilines is 1. The lowest BCUT2D eigenvalue weighted by Crippen LogP contribution is -2.29. The first kappa shape index (κ1) is 14.9. The summed E-state index contributed by atoms with van der Waals surface area (Å²) in [6.07, 6.45) is -0.198. The number of rotatable bonds is 5. The molecule has 0 aliphatic carbocycles. The molecule has 0 radical (unpaired) electrons. The van der Waals surface area contributed by atoms with Crippen molar-refractivity contribution in [1.29, 1.82) is 0 Å². The third-order valence-electron chi connectivity index (χ3n) is 2.62. The smallest absolute Gasteiger partial charge is 0.309 e. The maximum Gasteiger partial charge on any atom is 0.309 e. The molecule has 1 rings (SSSR count). The van der Waals surface area contributed by atoms with Crippen LogP contribution in [0.25, 0.3) is 0 Å². The molecule has 0 saturated heterocycles. The normalized spacial score (nSPS) is 10.9. The molecule has 0 fully saturated rings. The maximum absolute atomic E-state index is 13.4. The van der Waals surface area contributed by atoms with E-state index in [2.05, 4.69) is 5.32 Å². The average molecular weight is 269 g/mol. The van der Waals surface area contributed by atoms with Gasteiger partial charge in [0.2, 0.25) is 5.91 Å². The Morgan fingerprint density at radius 3 is 2.53 bits per heavy atom. The second-order valence-corrected chi connectivity index (χ2v) is 4.76. The number of hydrogen-bond acceptors (Lipinski definition) is 3. The van der Waals surface area contributed by atoms with Gasteiger partial charge in [0.15, 0.2) is 11.6 Å². The molecule has 0 heterocycles. The number of benzene rings is 1. The Kier molecular flexibility index (Phi) is 4.47. The Balaban J connectivity index is 2.73. The first-order valence-corrected chi connectivity index (χ1v) is 5.63. The monoisotopic (exact) mass is 269 g/mol. The van der Waals surface area contributed by atoms with Gasteiger partial charge in [-0.05, 0) is 26.0 Å². The predicted molar refractivity (Wildman–Crippen MR) is 67.6 cm³/mol. The highest BCUT2D eigenvalue weighted by Gasteiger charge is 2.30. The molecular weight excluding hydrogens is 253 g/mol. The first-order valence-electron chi connectivity index (χ1n) is 5.63. The van der Waals surface area contributed by atoms with E-state index in [9.17, 15) is 14.0 Å². The zero-order valence-corrected chi connectivity index (χ0v) is 11.0. The van der Waals surface area contributed by atoms with Crippen LogP contribution in [-0.2, 0) is 9.59 Å². The zero-order chi connectivity index (χ0) is 14.6. The van der Waals surface area contributed by atoms with E-state index in [4.69, 9.17) is 9.84 Å². The lowest BCUT2D eigenvalue weighted by molar-refractivity contribution is -0.148. The van der Waals surface area contributed by atoms with Crippen LogP contribution in [0.1, 0.15) is 20.3 Å². The predicted octanol–water partition coefficient (Wildman–Crippen LogP) is 2.27. The number of carbonyl (C=O) groups is 2. The Morgan fingerprint density at radius 1 is 1.42 bits per heavy atom. The van der Waals surface area contributed by atoms with Crippen molar-refractivity contribution in [2.45, 2.75) is 20.3 Å². The molecule has 104 valence electrons. The molecule has 1 amide bonds. The highest BCUT2D eigenvalue weighted by atomic mass is 19.1. The quantitative estimate of drug-likeness (QED) is 0.859. The van der Waals surface area contributed by atoms with Gasteiger partial charge in [-0.25, -0.2) is 4.39 Å². The lowest BCUT2D eigenvalue weighted by Gasteiger charge is -2.18. The van der Waals surface area contributed by atoms with Crippen molar-refractivity contribution in [2.24, 2.45) is 5.41 Å². The number of ether oxygens (including phenoxy) is 1. The molecule has 0 bridgehead atoms. The summed E-state index contributed by atoms with van der Waals surface area (Å²) < 4.78 is 18.1. The minimum Gasteiger partial charge on any atom is -0.494 e. The van der Waals surface area contributed by atoms with Crippen LogP contribution in [-0.4, -0.2) is 24.1 Å². The van der Waals surface area contributed by atoms with E-state index in [0.29, 0.717) is 0 Å². The topological polar surface area (TPSA) is 75.6 Å². The number of aliphatic carboxylic acids is 1. The summed E-state index contributed by atoms with van der Waals surface area (Å²) in [4.78, 5) is 22.6. The fourth-order valence-corrected chi connectivity index (χ4v) is 1.43. The summed E-state index contributed by atoms with van der Waals surface area (Å²) in [6.45, 7) is 2.90. The molecule has 0 spiro atoms. The fraction of sp³-hybridized carbons (Fsp3) is 0.385. The number of methoxy groups -OCH3 is 1. The zero-order valence-electron chi connectivity index (χ0n) is 11.0. The number of carbonyl (C=O) groups excluding carboxylic acids is 1. The molecule has 1 aromatic carbocycles. The molecule has 19 heavy (non-hydrogen) atoms. The van der Waals surface area contributed by atoms with E-state index in [-0.39, 0.29) is 17.9 Å². The van der Waals surface area contributed by atoms with Crippen LogP contribution in [0.3, 0.4) is 0 Å². The van der Waals surface area contributed by atoms with E-state index >= 15 is 0 Å². The van der Waals surface area contributed by atoms with E-state index in [1.54, 1.807) is 0 Å². The van der Waals surface area contributed by atoms with Crippen LogP contribution in [0.2, 0.25) is 0 Å². The Labute approximate surface area is 110 Å². The largest absolute Gasteiger partial charge is 0.494 e. The molecule has 0 aliphatic heterocycles. The number of carboxylic acid groups (broad SMARTS) is 1. The van der Waals surface area contributed by atoms with Crippen LogP contribution < -0.4 is 10.1 Å². The summed E-state index contributed by atoms with van der Waals surface area (Å²) in [5.74, 6) is -2.08. The fourth-order valence-electron chi connectivity index (χ4n) is 1.43. The van der Waals surface area contributed by atoms with Gasteiger partial charge in [-0.15, -0.1) is 0 Å². The Hall–Kier alpha value is -2.11. The maximum atomic E-state index is 13.4. The molecule has 0 saturated carbocycles. The molecular formula is C13H16FNO4. The second-order valence-electron chi connectivity index (χ2n) is 4.76. The van der Waals surface area contributed by atoms with Crippen LogP contribution in [0.5, 0.6) is 5.75 Å². The van der Waals surface area contributed by atoms with Gasteiger partial charge >= 0.3 is 5.97 Å². The van der Waals surface area contributed by atoms with Gasteiger partial charge in [0.05, 0.1) is 12.5 Å². The minimum absolute atomic E-state index is 0.0730. The molecule has 2 N–H and O–H groups in total. The van der Waals surface area contributed by atoms with E-state index in [0.717, 1.165) is 6.07 Å². The number of nitrogens with one attached hydrogen (secondary N) is 1. The molecule has 0 unspecified atom stereocenters.